The topological polar surface area (TPSA) is 72.8 Å². The highest BCUT2D eigenvalue weighted by Crippen LogP contribution is 2.39. The molecule has 0 atom stereocenters. The van der Waals surface area contributed by atoms with Crippen LogP contribution < -0.4 is 0 Å². The van der Waals surface area contributed by atoms with Gasteiger partial charge < -0.3 is 14.4 Å². The molecule has 0 amide bonds. The molecule has 1 aliphatic heterocycles. The summed E-state index contributed by atoms with van der Waals surface area (Å²) < 4.78 is 26.0. The van der Waals surface area contributed by atoms with Crippen LogP contribution in [-0.4, -0.2) is 40.3 Å². The van der Waals surface area contributed by atoms with E-state index in [-0.39, 0.29) is 10.7 Å². The highest BCUT2D eigenvalue weighted by atomic mass is 32.2. The fourth-order valence-electron chi connectivity index (χ4n) is 2.55. The molecule has 8 heteroatoms. The van der Waals surface area contributed by atoms with Gasteiger partial charge in [-0.05, 0) is 56.4 Å². The summed E-state index contributed by atoms with van der Waals surface area (Å²) in [4.78, 5) is 22.4. The van der Waals surface area contributed by atoms with Gasteiger partial charge >= 0.3 is 13.1 Å². The lowest BCUT2D eigenvalue weighted by Gasteiger charge is -2.32. The van der Waals surface area contributed by atoms with Crippen molar-refractivity contribution in [2.45, 2.75) is 52.2 Å². The Morgan fingerprint density at radius 2 is 1.81 bits per heavy atom. The molecular formula is C19H24BFO5S. The molecule has 1 heterocycles. The van der Waals surface area contributed by atoms with Crippen LogP contribution in [0.4, 0.5) is 4.39 Å². The lowest BCUT2D eigenvalue weighted by Crippen LogP contribution is -2.41. The molecule has 0 bridgehead atoms. The van der Waals surface area contributed by atoms with E-state index in [1.807, 2.05) is 27.7 Å². The van der Waals surface area contributed by atoms with Gasteiger partial charge in [0.1, 0.15) is 5.82 Å². The SMILES string of the molecule is CC(=O)SCC(=Cc1ccc(F)c(CC(=O)O)c1)B1OC(C)(C)C(C)(C)O1. The summed E-state index contributed by atoms with van der Waals surface area (Å²) in [5.41, 5.74) is 0.385. The maximum absolute atomic E-state index is 13.8. The van der Waals surface area contributed by atoms with Crippen LogP contribution in [-0.2, 0) is 25.3 Å². The van der Waals surface area contributed by atoms with Crippen molar-refractivity contribution >= 4 is 36.0 Å². The van der Waals surface area contributed by atoms with E-state index in [0.29, 0.717) is 11.3 Å². The third kappa shape index (κ3) is 5.43. The first kappa shape index (κ1) is 21.7. The zero-order chi connectivity index (χ0) is 20.4. The third-order valence-corrected chi connectivity index (χ3v) is 5.65. The average Bonchev–Trinajstić information content (AvgIpc) is 2.74. The van der Waals surface area contributed by atoms with Gasteiger partial charge in [-0.1, -0.05) is 23.9 Å². The third-order valence-electron chi connectivity index (χ3n) is 4.76. The highest BCUT2D eigenvalue weighted by molar-refractivity contribution is 8.13. The van der Waals surface area contributed by atoms with Gasteiger partial charge in [0.05, 0.1) is 17.6 Å². The van der Waals surface area contributed by atoms with Crippen molar-refractivity contribution in [2.75, 3.05) is 5.75 Å². The Bertz CT molecular complexity index is 759. The van der Waals surface area contributed by atoms with Gasteiger partial charge in [0.25, 0.3) is 0 Å². The van der Waals surface area contributed by atoms with Crippen molar-refractivity contribution in [1.29, 1.82) is 0 Å². The van der Waals surface area contributed by atoms with Crippen molar-refractivity contribution < 1.29 is 28.4 Å². The first-order valence-electron chi connectivity index (χ1n) is 8.61. The van der Waals surface area contributed by atoms with Gasteiger partial charge in [0.2, 0.25) is 0 Å². The number of thioether (sulfide) groups is 1. The fraction of sp³-hybridized carbons (Fsp3) is 0.474. The van der Waals surface area contributed by atoms with Crippen LogP contribution in [0.15, 0.2) is 23.7 Å². The molecule has 0 unspecified atom stereocenters. The van der Waals surface area contributed by atoms with Crippen LogP contribution in [0.25, 0.3) is 6.08 Å². The minimum atomic E-state index is -1.10. The van der Waals surface area contributed by atoms with E-state index in [4.69, 9.17) is 14.4 Å². The molecule has 2 rings (SSSR count). The Kier molecular flexibility index (Phi) is 6.55. The van der Waals surface area contributed by atoms with Gasteiger partial charge in [-0.2, -0.15) is 0 Å². The van der Waals surface area contributed by atoms with Crippen molar-refractivity contribution in [3.05, 3.63) is 40.6 Å². The molecule has 0 spiro atoms. The molecule has 27 heavy (non-hydrogen) atoms. The standard InChI is InChI=1S/C19H24BFO5S/c1-12(22)27-11-15(20-25-18(2,3)19(4,5)26-20)9-13-6-7-16(21)14(8-13)10-17(23)24/h6-9H,10-11H2,1-5H3,(H,23,24). The van der Waals surface area contributed by atoms with Crippen LogP contribution >= 0.6 is 11.8 Å². The normalized spacial score (nSPS) is 18.6. The second-order valence-corrected chi connectivity index (χ2v) is 8.66. The molecular weight excluding hydrogens is 370 g/mol. The smallest absolute Gasteiger partial charge is 0.481 e. The molecule has 5 nitrogen and oxygen atoms in total. The first-order valence-corrected chi connectivity index (χ1v) is 9.59. The van der Waals surface area contributed by atoms with E-state index in [1.54, 1.807) is 12.1 Å². The molecule has 1 N–H and O–H groups in total. The van der Waals surface area contributed by atoms with Crippen molar-refractivity contribution in [3.63, 3.8) is 0 Å². The van der Waals surface area contributed by atoms with E-state index in [1.165, 1.54) is 19.1 Å². The predicted octanol–water partition coefficient (Wildman–Crippen LogP) is 3.75. The number of halogens is 1. The summed E-state index contributed by atoms with van der Waals surface area (Å²) in [5.74, 6) is -1.31. The molecule has 0 aromatic heterocycles. The number of benzene rings is 1. The van der Waals surface area contributed by atoms with E-state index in [9.17, 15) is 14.0 Å². The molecule has 1 aromatic rings. The number of rotatable bonds is 6. The zero-order valence-electron chi connectivity index (χ0n) is 16.2. The Morgan fingerprint density at radius 1 is 1.22 bits per heavy atom. The summed E-state index contributed by atoms with van der Waals surface area (Å²) in [7, 11) is -0.644. The minimum Gasteiger partial charge on any atom is -0.481 e. The van der Waals surface area contributed by atoms with Crippen LogP contribution in [0.3, 0.4) is 0 Å². The molecule has 146 valence electrons. The summed E-state index contributed by atoms with van der Waals surface area (Å²) in [6.07, 6.45) is 1.37. The molecule has 1 fully saturated rings. The Morgan fingerprint density at radius 3 is 2.33 bits per heavy atom. The molecule has 1 aliphatic rings. The van der Waals surface area contributed by atoms with Crippen LogP contribution in [0.5, 0.6) is 0 Å². The van der Waals surface area contributed by atoms with Crippen LogP contribution in [0.2, 0.25) is 0 Å². The maximum Gasteiger partial charge on any atom is 0.491 e. The summed E-state index contributed by atoms with van der Waals surface area (Å²) in [5, 5.41) is 8.90. The van der Waals surface area contributed by atoms with Gasteiger partial charge in [-0.15, -0.1) is 0 Å². The first-order chi connectivity index (χ1) is 12.4. The van der Waals surface area contributed by atoms with Crippen molar-refractivity contribution in [2.24, 2.45) is 0 Å². The largest absolute Gasteiger partial charge is 0.491 e. The Hall–Kier alpha value is -1.64. The Labute approximate surface area is 163 Å². The molecule has 0 saturated carbocycles. The quantitative estimate of drug-likeness (QED) is 0.741. The summed E-state index contributed by atoms with van der Waals surface area (Å²) in [6.45, 7) is 9.23. The molecule has 0 radical (unpaired) electrons. The zero-order valence-corrected chi connectivity index (χ0v) is 17.0. The Balaban J connectivity index is 2.37. The van der Waals surface area contributed by atoms with Crippen LogP contribution in [0, 0.1) is 5.82 Å². The number of aliphatic carboxylic acids is 1. The summed E-state index contributed by atoms with van der Waals surface area (Å²) in [6, 6.07) is 4.29. The lowest BCUT2D eigenvalue weighted by molar-refractivity contribution is -0.136. The number of hydrogen-bond donors (Lipinski definition) is 1. The van der Waals surface area contributed by atoms with Crippen molar-refractivity contribution in [1.82, 2.24) is 0 Å². The predicted molar refractivity (Wildman–Crippen MR) is 105 cm³/mol. The van der Waals surface area contributed by atoms with Crippen molar-refractivity contribution in [3.8, 4) is 0 Å². The monoisotopic (exact) mass is 394 g/mol. The summed E-state index contributed by atoms with van der Waals surface area (Å²) >= 11 is 1.13. The van der Waals surface area contributed by atoms with E-state index in [2.05, 4.69) is 0 Å². The molecule has 0 aliphatic carbocycles. The molecule has 1 saturated heterocycles. The van der Waals surface area contributed by atoms with E-state index < -0.39 is 36.5 Å². The maximum atomic E-state index is 13.8. The number of carbonyl (C=O) groups excluding carboxylic acids is 1. The van der Waals surface area contributed by atoms with Gasteiger partial charge in [-0.25, -0.2) is 4.39 Å². The van der Waals surface area contributed by atoms with Gasteiger partial charge in [0, 0.05) is 12.7 Å². The second kappa shape index (κ2) is 8.16. The van der Waals surface area contributed by atoms with E-state index in [0.717, 1.165) is 17.2 Å². The number of carbonyl (C=O) groups is 2. The van der Waals surface area contributed by atoms with Crippen LogP contribution in [0.1, 0.15) is 45.7 Å². The van der Waals surface area contributed by atoms with Gasteiger partial charge in [-0.3, -0.25) is 9.59 Å². The minimum absolute atomic E-state index is 0.0388. The number of carboxylic acid groups (broad SMARTS) is 1. The van der Waals surface area contributed by atoms with Gasteiger partial charge in [0.15, 0.2) is 5.12 Å². The highest BCUT2D eigenvalue weighted by Gasteiger charge is 2.52. The fourth-order valence-corrected chi connectivity index (χ4v) is 3.14. The molecule has 1 aromatic carbocycles. The average molecular weight is 394 g/mol. The lowest BCUT2D eigenvalue weighted by atomic mass is 9.78. The van der Waals surface area contributed by atoms with E-state index >= 15 is 0 Å². The number of carboxylic acids is 1. The second-order valence-electron chi connectivity index (χ2n) is 7.51. The number of hydrogen-bond acceptors (Lipinski definition) is 5.